The van der Waals surface area contributed by atoms with E-state index >= 15 is 0 Å². The maximum atomic E-state index is 4.43. The first-order valence-corrected chi connectivity index (χ1v) is 6.59. The van der Waals surface area contributed by atoms with E-state index in [1.54, 1.807) is 0 Å². The number of hydrogen-bond donors (Lipinski definition) is 0. The summed E-state index contributed by atoms with van der Waals surface area (Å²) in [4.78, 5) is 4.43. The van der Waals surface area contributed by atoms with Crippen LogP contribution in [0.2, 0.25) is 0 Å². The average Bonchev–Trinajstić information content (AvgIpc) is 2.82. The van der Waals surface area contributed by atoms with Gasteiger partial charge < -0.3 is 0 Å². The fourth-order valence-corrected chi connectivity index (χ4v) is 2.29. The monoisotopic (exact) mass is 250 g/mol. The molecule has 0 atom stereocenters. The molecule has 2 nitrogen and oxygen atoms in total. The molecule has 0 fully saturated rings. The van der Waals surface area contributed by atoms with Crippen LogP contribution in [0.1, 0.15) is 26.3 Å². The maximum Gasteiger partial charge on any atom is 0.100 e. The lowest BCUT2D eigenvalue weighted by atomic mass is 9.87. The highest BCUT2D eigenvalue weighted by atomic mass is 15.0. The van der Waals surface area contributed by atoms with E-state index in [0.717, 1.165) is 16.7 Å². The lowest BCUT2D eigenvalue weighted by Gasteiger charge is -2.19. The van der Waals surface area contributed by atoms with Gasteiger partial charge in [-0.05, 0) is 35.2 Å². The highest BCUT2D eigenvalue weighted by Crippen LogP contribution is 2.24. The Morgan fingerprint density at radius 2 is 1.58 bits per heavy atom. The van der Waals surface area contributed by atoms with Crippen LogP contribution in [0.5, 0.6) is 0 Å². The van der Waals surface area contributed by atoms with E-state index in [4.69, 9.17) is 0 Å². The molecule has 19 heavy (non-hydrogen) atoms. The first kappa shape index (κ1) is 12.0. The third-order valence-corrected chi connectivity index (χ3v) is 3.47. The summed E-state index contributed by atoms with van der Waals surface area (Å²) in [6, 6.07) is 16.9. The van der Waals surface area contributed by atoms with E-state index in [1.165, 1.54) is 5.56 Å². The van der Waals surface area contributed by atoms with E-state index in [2.05, 4.69) is 60.7 Å². The third kappa shape index (κ3) is 2.14. The summed E-state index contributed by atoms with van der Waals surface area (Å²) in [5.74, 6) is 0. The van der Waals surface area contributed by atoms with Gasteiger partial charge >= 0.3 is 0 Å². The summed E-state index contributed by atoms with van der Waals surface area (Å²) >= 11 is 0. The van der Waals surface area contributed by atoms with Crippen molar-refractivity contribution < 1.29 is 0 Å². The first-order chi connectivity index (χ1) is 9.05. The molecule has 0 aliphatic heterocycles. The van der Waals surface area contributed by atoms with E-state index in [9.17, 15) is 0 Å². The van der Waals surface area contributed by atoms with Crippen molar-refractivity contribution in [1.82, 2.24) is 9.55 Å². The topological polar surface area (TPSA) is 17.8 Å². The first-order valence-electron chi connectivity index (χ1n) is 6.59. The number of para-hydroxylation sites is 2. The van der Waals surface area contributed by atoms with Gasteiger partial charge in [-0.15, -0.1) is 0 Å². The highest BCUT2D eigenvalue weighted by molar-refractivity contribution is 5.77. The molecule has 0 unspecified atom stereocenters. The van der Waals surface area contributed by atoms with Crippen molar-refractivity contribution in [2.75, 3.05) is 0 Å². The van der Waals surface area contributed by atoms with Crippen LogP contribution < -0.4 is 0 Å². The standard InChI is InChI=1S/C17H18N2/c1-17(2,3)13-8-10-14(11-9-13)19-12-18-15-6-4-5-7-16(15)19/h4-12H,1-3H3. The molecule has 0 aliphatic carbocycles. The van der Waals surface area contributed by atoms with Gasteiger partial charge in [-0.25, -0.2) is 4.98 Å². The molecule has 0 radical (unpaired) electrons. The van der Waals surface area contributed by atoms with Crippen molar-refractivity contribution in [3.63, 3.8) is 0 Å². The minimum Gasteiger partial charge on any atom is -0.299 e. The molecule has 0 bridgehead atoms. The number of benzene rings is 2. The third-order valence-electron chi connectivity index (χ3n) is 3.47. The Balaban J connectivity index is 2.07. The van der Waals surface area contributed by atoms with Gasteiger partial charge in [-0.2, -0.15) is 0 Å². The van der Waals surface area contributed by atoms with Gasteiger partial charge in [0.15, 0.2) is 0 Å². The van der Waals surface area contributed by atoms with Crippen LogP contribution in [0.25, 0.3) is 16.7 Å². The minimum absolute atomic E-state index is 0.190. The molecule has 96 valence electrons. The van der Waals surface area contributed by atoms with Gasteiger partial charge in [0.25, 0.3) is 0 Å². The fraction of sp³-hybridized carbons (Fsp3) is 0.235. The van der Waals surface area contributed by atoms with Crippen LogP contribution in [0.15, 0.2) is 54.9 Å². The zero-order chi connectivity index (χ0) is 13.5. The summed E-state index contributed by atoms with van der Waals surface area (Å²) in [5.41, 5.74) is 4.87. The Labute approximate surface area is 113 Å². The van der Waals surface area contributed by atoms with Gasteiger partial charge in [-0.3, -0.25) is 4.57 Å². The Morgan fingerprint density at radius 1 is 0.895 bits per heavy atom. The van der Waals surface area contributed by atoms with Crippen LogP contribution in [0, 0.1) is 0 Å². The molecular weight excluding hydrogens is 232 g/mol. The molecule has 1 aromatic heterocycles. The van der Waals surface area contributed by atoms with Gasteiger partial charge in [0.05, 0.1) is 11.0 Å². The van der Waals surface area contributed by atoms with Crippen molar-refractivity contribution in [2.45, 2.75) is 26.2 Å². The zero-order valence-electron chi connectivity index (χ0n) is 11.6. The van der Waals surface area contributed by atoms with Gasteiger partial charge in [0.2, 0.25) is 0 Å². The molecule has 2 heteroatoms. The molecule has 3 aromatic rings. The average molecular weight is 250 g/mol. The Bertz CT molecular complexity index is 700. The Hall–Kier alpha value is -2.09. The normalized spacial score (nSPS) is 11.9. The highest BCUT2D eigenvalue weighted by Gasteiger charge is 2.13. The summed E-state index contributed by atoms with van der Waals surface area (Å²) in [7, 11) is 0. The van der Waals surface area contributed by atoms with Crippen LogP contribution >= 0.6 is 0 Å². The number of nitrogens with zero attached hydrogens (tertiary/aromatic N) is 2. The number of rotatable bonds is 1. The predicted molar refractivity (Wildman–Crippen MR) is 79.8 cm³/mol. The van der Waals surface area contributed by atoms with Crippen LogP contribution in [0.3, 0.4) is 0 Å². The largest absolute Gasteiger partial charge is 0.299 e. The van der Waals surface area contributed by atoms with E-state index in [-0.39, 0.29) is 5.41 Å². The SMILES string of the molecule is CC(C)(C)c1ccc(-n2cnc3ccccc32)cc1. The second-order valence-electron chi connectivity index (χ2n) is 5.90. The molecule has 1 heterocycles. The van der Waals surface area contributed by atoms with E-state index in [1.807, 2.05) is 24.5 Å². The van der Waals surface area contributed by atoms with Gasteiger partial charge in [-0.1, -0.05) is 45.0 Å². The van der Waals surface area contributed by atoms with Crippen LogP contribution in [-0.2, 0) is 5.41 Å². The molecule has 3 rings (SSSR count). The quantitative estimate of drug-likeness (QED) is 0.629. The number of hydrogen-bond acceptors (Lipinski definition) is 1. The molecular formula is C17H18N2. The van der Waals surface area contributed by atoms with Gasteiger partial charge in [0.1, 0.15) is 6.33 Å². The van der Waals surface area contributed by atoms with Gasteiger partial charge in [0, 0.05) is 5.69 Å². The number of aromatic nitrogens is 2. The second kappa shape index (κ2) is 4.23. The number of imidazole rings is 1. The summed E-state index contributed by atoms with van der Waals surface area (Å²) < 4.78 is 2.13. The molecule has 0 saturated heterocycles. The fourth-order valence-electron chi connectivity index (χ4n) is 2.29. The smallest absolute Gasteiger partial charge is 0.100 e. The van der Waals surface area contributed by atoms with Crippen molar-refractivity contribution in [1.29, 1.82) is 0 Å². The molecule has 0 aliphatic rings. The minimum atomic E-state index is 0.190. The Morgan fingerprint density at radius 3 is 2.26 bits per heavy atom. The number of fused-ring (bicyclic) bond motifs is 1. The van der Waals surface area contributed by atoms with Crippen molar-refractivity contribution in [2.24, 2.45) is 0 Å². The molecule has 0 N–H and O–H groups in total. The maximum absolute atomic E-state index is 4.43. The second-order valence-corrected chi connectivity index (χ2v) is 5.90. The van der Waals surface area contributed by atoms with E-state index in [0.29, 0.717) is 0 Å². The van der Waals surface area contributed by atoms with E-state index < -0.39 is 0 Å². The van der Waals surface area contributed by atoms with Crippen molar-refractivity contribution in [3.05, 3.63) is 60.4 Å². The predicted octanol–water partition coefficient (Wildman–Crippen LogP) is 4.32. The lowest BCUT2D eigenvalue weighted by molar-refractivity contribution is 0.590. The van der Waals surface area contributed by atoms with Crippen molar-refractivity contribution in [3.8, 4) is 5.69 Å². The van der Waals surface area contributed by atoms with Crippen LogP contribution in [-0.4, -0.2) is 9.55 Å². The molecule has 0 spiro atoms. The summed E-state index contributed by atoms with van der Waals surface area (Å²) in [6.07, 6.45) is 1.89. The van der Waals surface area contributed by atoms with Crippen molar-refractivity contribution >= 4 is 11.0 Å². The zero-order valence-corrected chi connectivity index (χ0v) is 11.6. The molecule has 0 saturated carbocycles. The lowest BCUT2D eigenvalue weighted by Crippen LogP contribution is -2.10. The summed E-state index contributed by atoms with van der Waals surface area (Å²) in [5, 5.41) is 0. The molecule has 2 aromatic carbocycles. The van der Waals surface area contributed by atoms with Crippen LogP contribution in [0.4, 0.5) is 0 Å². The molecule has 0 amide bonds. The Kier molecular flexibility index (Phi) is 2.67. The summed E-state index contributed by atoms with van der Waals surface area (Å²) in [6.45, 7) is 6.69.